The van der Waals surface area contributed by atoms with E-state index in [1.165, 1.54) is 0 Å². The van der Waals surface area contributed by atoms with Crippen molar-refractivity contribution in [3.05, 3.63) is 12.1 Å². The van der Waals surface area contributed by atoms with Crippen LogP contribution >= 0.6 is 0 Å². The summed E-state index contributed by atoms with van der Waals surface area (Å²) in [5.41, 5.74) is -4.23. The van der Waals surface area contributed by atoms with Gasteiger partial charge >= 0.3 is 18.5 Å². The van der Waals surface area contributed by atoms with Crippen LogP contribution in [-0.4, -0.2) is 30.7 Å². The number of hydrogen-bond acceptors (Lipinski definition) is 2. The fraction of sp³-hybridized carbons (Fsp3) is 0.750. The Hall–Kier alpha value is -1.13. The number of halogens is 9. The first kappa shape index (κ1) is 15.9. The molecule has 0 aromatic rings. The molecule has 0 radical (unpaired) electrons. The quantitative estimate of drug-likeness (QED) is 0.740. The van der Waals surface area contributed by atoms with Crippen molar-refractivity contribution in [3.8, 4) is 0 Å². The van der Waals surface area contributed by atoms with Gasteiger partial charge in [-0.2, -0.15) is 35.1 Å². The van der Waals surface area contributed by atoms with Crippen molar-refractivity contribution < 1.29 is 49.0 Å². The molecule has 0 fully saturated rings. The van der Waals surface area contributed by atoms with Gasteiger partial charge in [0.05, 0.1) is 0 Å². The van der Waals surface area contributed by atoms with E-state index in [1.807, 2.05) is 0 Å². The molecule has 1 unspecified atom stereocenters. The van der Waals surface area contributed by atoms with E-state index < -0.39 is 42.9 Å². The fourth-order valence-corrected chi connectivity index (χ4v) is 1.27. The van der Waals surface area contributed by atoms with Gasteiger partial charge in [-0.3, -0.25) is 4.74 Å². The predicted molar refractivity (Wildman–Crippen MR) is 40.6 cm³/mol. The molecule has 0 spiro atoms. The van der Waals surface area contributed by atoms with Crippen molar-refractivity contribution in [2.24, 2.45) is 0 Å². The third-order valence-corrected chi connectivity index (χ3v) is 2.05. The first-order valence-electron chi connectivity index (χ1n) is 4.48. The van der Waals surface area contributed by atoms with Crippen LogP contribution in [0.15, 0.2) is 12.1 Å². The highest BCUT2D eigenvalue weighted by Crippen LogP contribution is 2.48. The Morgan fingerprint density at radius 2 is 1.63 bits per heavy atom. The molecule has 1 heterocycles. The van der Waals surface area contributed by atoms with E-state index in [4.69, 9.17) is 0 Å². The third kappa shape index (κ3) is 3.45. The minimum absolute atomic E-state index is 0.142. The molecule has 0 amide bonds. The van der Waals surface area contributed by atoms with Crippen LogP contribution in [0.1, 0.15) is 6.42 Å². The predicted octanol–water partition coefficient (Wildman–Crippen LogP) is 3.69. The Morgan fingerprint density at radius 1 is 1.11 bits per heavy atom. The van der Waals surface area contributed by atoms with Gasteiger partial charge in [0.25, 0.3) is 5.60 Å². The Kier molecular flexibility index (Phi) is 3.74. The molecule has 2 nitrogen and oxygen atoms in total. The number of alkyl halides is 8. The minimum Gasteiger partial charge on any atom is -0.495 e. The second kappa shape index (κ2) is 4.46. The van der Waals surface area contributed by atoms with Gasteiger partial charge in [0.2, 0.25) is 0 Å². The lowest BCUT2D eigenvalue weighted by Crippen LogP contribution is -2.54. The van der Waals surface area contributed by atoms with E-state index in [2.05, 4.69) is 9.47 Å². The van der Waals surface area contributed by atoms with Crippen molar-refractivity contribution in [2.45, 2.75) is 30.5 Å². The van der Waals surface area contributed by atoms with Crippen LogP contribution in [0, 0.1) is 0 Å². The van der Waals surface area contributed by atoms with Gasteiger partial charge in [-0.05, 0) is 0 Å². The molecule has 0 saturated heterocycles. The summed E-state index contributed by atoms with van der Waals surface area (Å²) in [5.74, 6) is -2.28. The van der Waals surface area contributed by atoms with E-state index >= 15 is 0 Å². The molecule has 0 aromatic carbocycles. The highest BCUT2D eigenvalue weighted by molar-refractivity contribution is 5.17. The smallest absolute Gasteiger partial charge is 0.427 e. The van der Waals surface area contributed by atoms with Crippen molar-refractivity contribution in [3.63, 3.8) is 0 Å². The van der Waals surface area contributed by atoms with Crippen LogP contribution in [0.25, 0.3) is 0 Å². The molecule has 0 aliphatic carbocycles. The molecule has 11 heteroatoms. The summed E-state index contributed by atoms with van der Waals surface area (Å²) in [7, 11) is 0. The lowest BCUT2D eigenvalue weighted by atomic mass is 10.0. The zero-order chi connectivity index (χ0) is 15.1. The molecule has 1 aliphatic heterocycles. The van der Waals surface area contributed by atoms with E-state index in [9.17, 15) is 39.5 Å². The lowest BCUT2D eigenvalue weighted by Gasteiger charge is -2.33. The van der Waals surface area contributed by atoms with E-state index in [-0.39, 0.29) is 6.26 Å². The largest absolute Gasteiger partial charge is 0.495 e. The standard InChI is InChI=1S/C8H5F9O2/c9-4-1-18-3-5(4,8(15,16)17)19-7(13,14)2-6(10,11)12/h1H,2-3H2. The number of ether oxygens (including phenoxy) is 2. The second-order valence-corrected chi connectivity index (χ2v) is 3.63. The van der Waals surface area contributed by atoms with Crippen LogP contribution in [0.2, 0.25) is 0 Å². The summed E-state index contributed by atoms with van der Waals surface area (Å²) in [6.07, 6.45) is -19.6. The maximum Gasteiger partial charge on any atom is 0.427 e. The summed E-state index contributed by atoms with van der Waals surface area (Å²) < 4.78 is 118. The normalized spacial score (nSPS) is 25.2. The molecule has 0 saturated carbocycles. The van der Waals surface area contributed by atoms with Crippen LogP contribution in [0.4, 0.5) is 39.5 Å². The first-order valence-corrected chi connectivity index (χ1v) is 4.48. The van der Waals surface area contributed by atoms with Gasteiger partial charge in [0.1, 0.15) is 19.3 Å². The van der Waals surface area contributed by atoms with Crippen molar-refractivity contribution in [2.75, 3.05) is 6.61 Å². The average Bonchev–Trinajstić information content (AvgIpc) is 2.41. The van der Waals surface area contributed by atoms with Crippen LogP contribution in [-0.2, 0) is 9.47 Å². The van der Waals surface area contributed by atoms with Crippen molar-refractivity contribution in [1.82, 2.24) is 0 Å². The lowest BCUT2D eigenvalue weighted by molar-refractivity contribution is -0.380. The Balaban J connectivity index is 3.01. The van der Waals surface area contributed by atoms with Crippen molar-refractivity contribution >= 4 is 0 Å². The molecule has 0 aromatic heterocycles. The molecule has 0 bridgehead atoms. The Labute approximate surface area is 99.3 Å². The van der Waals surface area contributed by atoms with Gasteiger partial charge in [0.15, 0.2) is 5.83 Å². The molecule has 1 atom stereocenters. The number of rotatable bonds is 3. The van der Waals surface area contributed by atoms with E-state index in [1.54, 1.807) is 0 Å². The molecule has 0 N–H and O–H groups in total. The average molecular weight is 304 g/mol. The number of hydrogen-bond donors (Lipinski definition) is 0. The molecule has 1 rings (SSSR count). The highest BCUT2D eigenvalue weighted by atomic mass is 19.4. The first-order chi connectivity index (χ1) is 8.29. The van der Waals surface area contributed by atoms with Crippen LogP contribution in [0.3, 0.4) is 0 Å². The molecular formula is C8H5F9O2. The summed E-state index contributed by atoms with van der Waals surface area (Å²) in [6.45, 7) is -1.73. The minimum atomic E-state index is -5.71. The van der Waals surface area contributed by atoms with Gasteiger partial charge in [-0.1, -0.05) is 0 Å². The highest BCUT2D eigenvalue weighted by Gasteiger charge is 2.67. The monoisotopic (exact) mass is 304 g/mol. The summed E-state index contributed by atoms with van der Waals surface area (Å²) >= 11 is 0. The van der Waals surface area contributed by atoms with Gasteiger partial charge < -0.3 is 4.74 Å². The van der Waals surface area contributed by atoms with Crippen LogP contribution in [0.5, 0.6) is 0 Å². The summed E-state index contributed by atoms with van der Waals surface area (Å²) in [4.78, 5) is 0. The van der Waals surface area contributed by atoms with Crippen LogP contribution < -0.4 is 0 Å². The second-order valence-electron chi connectivity index (χ2n) is 3.63. The van der Waals surface area contributed by atoms with E-state index in [0.29, 0.717) is 0 Å². The third-order valence-electron chi connectivity index (χ3n) is 2.05. The summed E-state index contributed by atoms with van der Waals surface area (Å²) in [6, 6.07) is 0. The maximum atomic E-state index is 13.0. The Morgan fingerprint density at radius 3 is 1.95 bits per heavy atom. The van der Waals surface area contributed by atoms with Gasteiger partial charge in [-0.25, -0.2) is 4.39 Å². The zero-order valence-electron chi connectivity index (χ0n) is 8.71. The maximum absolute atomic E-state index is 13.0. The van der Waals surface area contributed by atoms with Crippen molar-refractivity contribution in [1.29, 1.82) is 0 Å². The van der Waals surface area contributed by atoms with Gasteiger partial charge in [-0.15, -0.1) is 0 Å². The van der Waals surface area contributed by atoms with Gasteiger partial charge in [0, 0.05) is 0 Å². The molecule has 112 valence electrons. The molecule has 19 heavy (non-hydrogen) atoms. The van der Waals surface area contributed by atoms with E-state index in [0.717, 1.165) is 0 Å². The topological polar surface area (TPSA) is 18.5 Å². The molecule has 1 aliphatic rings. The Bertz CT molecular complexity index is 369. The summed E-state index contributed by atoms with van der Waals surface area (Å²) in [5, 5.41) is 0. The fourth-order valence-electron chi connectivity index (χ4n) is 1.27. The molecular weight excluding hydrogens is 299 g/mol. The SMILES string of the molecule is FC1=COCC1(OC(F)(F)CC(F)(F)F)C(F)(F)F. The zero-order valence-corrected chi connectivity index (χ0v) is 8.71.